The van der Waals surface area contributed by atoms with E-state index >= 15 is 0 Å². The van der Waals surface area contributed by atoms with Gasteiger partial charge in [-0.3, -0.25) is 9.59 Å². The number of benzene rings is 1. The summed E-state index contributed by atoms with van der Waals surface area (Å²) in [5.41, 5.74) is -0.625. The van der Waals surface area contributed by atoms with Gasteiger partial charge in [-0.25, -0.2) is 9.59 Å². The maximum Gasteiger partial charge on any atom is 0.375 e. The third-order valence-corrected chi connectivity index (χ3v) is 6.83. The molecule has 4 unspecified atom stereocenters. The first-order valence-electron chi connectivity index (χ1n) is 10.8. The predicted molar refractivity (Wildman–Crippen MR) is 114 cm³/mol. The molecule has 0 saturated heterocycles. The molecular weight excluding hydrogens is 448 g/mol. The first-order valence-corrected chi connectivity index (χ1v) is 10.8. The molecule has 4 atom stereocenters. The highest BCUT2D eigenvalue weighted by molar-refractivity contribution is 6.38. The van der Waals surface area contributed by atoms with E-state index < -0.39 is 35.2 Å². The molecule has 0 spiro atoms. The number of hydrogen-bond donors (Lipinski definition) is 0. The zero-order valence-corrected chi connectivity index (χ0v) is 19.6. The molecule has 2 aliphatic heterocycles. The van der Waals surface area contributed by atoms with E-state index in [1.54, 1.807) is 6.07 Å². The summed E-state index contributed by atoms with van der Waals surface area (Å²) < 4.78 is 32.6. The summed E-state index contributed by atoms with van der Waals surface area (Å²) in [6, 6.07) is 1.65. The van der Waals surface area contributed by atoms with Crippen molar-refractivity contribution in [1.82, 2.24) is 0 Å². The number of hydrogen-bond acceptors (Lipinski definition) is 10. The molecule has 10 nitrogen and oxygen atoms in total. The third kappa shape index (κ3) is 3.48. The monoisotopic (exact) mass is 474 g/mol. The first-order chi connectivity index (χ1) is 16.1. The molecule has 1 aromatic rings. The van der Waals surface area contributed by atoms with E-state index in [1.807, 2.05) is 13.8 Å². The summed E-state index contributed by atoms with van der Waals surface area (Å²) in [5.74, 6) is -2.76. The lowest BCUT2D eigenvalue weighted by Gasteiger charge is -2.39. The summed E-state index contributed by atoms with van der Waals surface area (Å²) >= 11 is 0. The molecule has 0 fully saturated rings. The van der Waals surface area contributed by atoms with E-state index in [-0.39, 0.29) is 43.2 Å². The minimum atomic E-state index is -1.71. The number of methoxy groups -OCH3 is 2. The van der Waals surface area contributed by atoms with E-state index in [2.05, 4.69) is 0 Å². The Hall–Kier alpha value is -3.56. The van der Waals surface area contributed by atoms with Gasteiger partial charge in [0.25, 0.3) is 5.78 Å². The number of ketones is 1. The van der Waals surface area contributed by atoms with Gasteiger partial charge in [-0.15, -0.1) is 0 Å². The minimum Gasteiger partial charge on any atom is -0.487 e. The Balaban J connectivity index is 2.11. The Morgan fingerprint density at radius 1 is 1.06 bits per heavy atom. The average molecular weight is 474 g/mol. The van der Waals surface area contributed by atoms with Gasteiger partial charge >= 0.3 is 17.9 Å². The van der Waals surface area contributed by atoms with Crippen LogP contribution in [0.25, 0.3) is 0 Å². The Morgan fingerprint density at radius 3 is 2.44 bits per heavy atom. The summed E-state index contributed by atoms with van der Waals surface area (Å²) in [4.78, 5) is 50.8. The summed E-state index contributed by atoms with van der Waals surface area (Å²) in [6.45, 7) is 4.78. The summed E-state index contributed by atoms with van der Waals surface area (Å²) in [6.07, 6.45) is 0.679. The lowest BCUT2D eigenvalue weighted by molar-refractivity contribution is -0.154. The number of carbonyl (C=O) groups excluding carboxylic acids is 4. The first kappa shape index (κ1) is 23.6. The molecule has 0 radical (unpaired) electrons. The van der Waals surface area contributed by atoms with Crippen LogP contribution in [-0.4, -0.2) is 51.3 Å². The van der Waals surface area contributed by atoms with Crippen molar-refractivity contribution >= 4 is 23.7 Å². The molecular formula is C24H26O10. The van der Waals surface area contributed by atoms with Crippen molar-refractivity contribution in [2.75, 3.05) is 27.6 Å². The normalized spacial score (nSPS) is 27.7. The fourth-order valence-electron chi connectivity index (χ4n) is 4.95. The van der Waals surface area contributed by atoms with Gasteiger partial charge in [-0.2, -0.15) is 0 Å². The van der Waals surface area contributed by atoms with Crippen LogP contribution in [0, 0.1) is 11.8 Å². The van der Waals surface area contributed by atoms with Crippen molar-refractivity contribution in [3.63, 3.8) is 0 Å². The highest BCUT2D eigenvalue weighted by Crippen LogP contribution is 2.59. The van der Waals surface area contributed by atoms with Gasteiger partial charge < -0.3 is 28.4 Å². The zero-order chi connectivity index (χ0) is 24.8. The lowest BCUT2D eigenvalue weighted by atomic mass is 9.63. The van der Waals surface area contributed by atoms with Gasteiger partial charge in [-0.05, 0) is 24.0 Å². The van der Waals surface area contributed by atoms with Crippen molar-refractivity contribution in [2.45, 2.75) is 38.7 Å². The van der Waals surface area contributed by atoms with Crippen LogP contribution in [0.3, 0.4) is 0 Å². The summed E-state index contributed by atoms with van der Waals surface area (Å²) in [5, 5.41) is 0. The lowest BCUT2D eigenvalue weighted by Crippen LogP contribution is -2.47. The van der Waals surface area contributed by atoms with Crippen LogP contribution in [0.2, 0.25) is 0 Å². The Kier molecular flexibility index (Phi) is 6.01. The van der Waals surface area contributed by atoms with Gasteiger partial charge in [-0.1, -0.05) is 13.8 Å². The van der Waals surface area contributed by atoms with Crippen LogP contribution in [0.4, 0.5) is 0 Å². The molecule has 2 heterocycles. The molecule has 0 aromatic heterocycles. The predicted octanol–water partition coefficient (Wildman–Crippen LogP) is 2.17. The molecule has 1 aromatic carbocycles. The fraction of sp³-hybridized carbons (Fsp3) is 0.500. The molecule has 0 saturated carbocycles. The van der Waals surface area contributed by atoms with Crippen molar-refractivity contribution in [3.05, 3.63) is 28.8 Å². The van der Waals surface area contributed by atoms with Crippen LogP contribution in [0.15, 0.2) is 17.7 Å². The van der Waals surface area contributed by atoms with Crippen LogP contribution in [0.1, 0.15) is 44.4 Å². The van der Waals surface area contributed by atoms with Gasteiger partial charge in [0.15, 0.2) is 11.5 Å². The largest absolute Gasteiger partial charge is 0.487 e. The van der Waals surface area contributed by atoms with Crippen LogP contribution in [-0.2, 0) is 38.8 Å². The van der Waals surface area contributed by atoms with Gasteiger partial charge in [0.1, 0.15) is 18.1 Å². The third-order valence-electron chi connectivity index (χ3n) is 6.83. The second-order valence-electron chi connectivity index (χ2n) is 8.68. The molecule has 34 heavy (non-hydrogen) atoms. The minimum absolute atomic E-state index is 0.0679. The number of esters is 3. The van der Waals surface area contributed by atoms with Crippen molar-refractivity contribution in [3.8, 4) is 17.2 Å². The van der Waals surface area contributed by atoms with Crippen LogP contribution < -0.4 is 14.2 Å². The number of ether oxygens (including phenoxy) is 6. The standard InChI is InChI=1S/C24H26O10/c1-11-6-14(7-17(26)29-4)24(22(27)23(28)30-5)9-31-21-18(24)15(8-16-20(21)33-10-32-16)19(12(11)2)34-13(3)25/h7-8,11-12,19H,6,9-10H2,1-5H3. The zero-order valence-electron chi connectivity index (χ0n) is 19.6. The molecule has 10 heteroatoms. The van der Waals surface area contributed by atoms with E-state index in [0.29, 0.717) is 22.4 Å². The number of fused-ring (bicyclic) bond motifs is 2. The summed E-state index contributed by atoms with van der Waals surface area (Å²) in [7, 11) is 2.33. The Labute approximate surface area is 196 Å². The number of carbonyl (C=O) groups is 4. The van der Waals surface area contributed by atoms with Gasteiger partial charge in [0.05, 0.1) is 14.2 Å². The Morgan fingerprint density at radius 2 is 1.79 bits per heavy atom. The average Bonchev–Trinajstić information content (AvgIpc) is 3.44. The molecule has 0 amide bonds. The van der Waals surface area contributed by atoms with E-state index in [4.69, 9.17) is 28.4 Å². The van der Waals surface area contributed by atoms with Gasteiger partial charge in [0, 0.05) is 30.0 Å². The SMILES string of the molecule is COC(=O)C=C1CC(C)C(C)C(OC(C)=O)c2cc3c(c4c2C1(C(=O)C(=O)OC)CO4)OCO3. The fourth-order valence-corrected chi connectivity index (χ4v) is 4.95. The van der Waals surface area contributed by atoms with Crippen molar-refractivity contribution in [1.29, 1.82) is 0 Å². The maximum absolute atomic E-state index is 13.7. The quantitative estimate of drug-likeness (QED) is 0.278. The Bertz CT molecular complexity index is 1100. The topological polar surface area (TPSA) is 124 Å². The highest BCUT2D eigenvalue weighted by atomic mass is 16.7. The van der Waals surface area contributed by atoms with Gasteiger partial charge in [0.2, 0.25) is 12.5 Å². The number of rotatable bonds is 4. The second-order valence-corrected chi connectivity index (χ2v) is 8.68. The smallest absolute Gasteiger partial charge is 0.375 e. The van der Waals surface area contributed by atoms with Crippen LogP contribution >= 0.6 is 0 Å². The molecule has 0 bridgehead atoms. The molecule has 4 rings (SSSR count). The molecule has 182 valence electrons. The highest BCUT2D eigenvalue weighted by Gasteiger charge is 2.58. The number of Topliss-reactive ketones (excluding diaryl/α,β-unsaturated/α-hetero) is 1. The van der Waals surface area contributed by atoms with E-state index in [9.17, 15) is 19.2 Å². The molecule has 3 aliphatic rings. The molecule has 1 aliphatic carbocycles. The van der Waals surface area contributed by atoms with E-state index in [1.165, 1.54) is 20.1 Å². The van der Waals surface area contributed by atoms with E-state index in [0.717, 1.165) is 7.11 Å². The van der Waals surface area contributed by atoms with Crippen molar-refractivity contribution < 1.29 is 47.6 Å². The second kappa shape index (κ2) is 8.66. The van der Waals surface area contributed by atoms with Crippen LogP contribution in [0.5, 0.6) is 17.2 Å². The maximum atomic E-state index is 13.7. The van der Waals surface area contributed by atoms with Crippen molar-refractivity contribution in [2.24, 2.45) is 11.8 Å². The molecule has 0 N–H and O–H groups in total.